The first kappa shape index (κ1) is 21.6. The number of carbonyl (C=O) groups excluding carboxylic acids is 1. The summed E-state index contributed by atoms with van der Waals surface area (Å²) in [5, 5.41) is 8.83. The van der Waals surface area contributed by atoms with Gasteiger partial charge in [-0.15, -0.1) is 0 Å². The van der Waals surface area contributed by atoms with Gasteiger partial charge >= 0.3 is 0 Å². The number of nitrogens with one attached hydrogen (secondary N) is 1. The number of anilines is 2. The van der Waals surface area contributed by atoms with Crippen LogP contribution in [-0.2, 0) is 24.3 Å². The molecule has 9 nitrogen and oxygen atoms in total. The number of hydrogen-bond donors (Lipinski definition) is 1. The topological polar surface area (TPSA) is 88.4 Å². The van der Waals surface area contributed by atoms with Crippen molar-refractivity contribution in [1.29, 1.82) is 0 Å². The summed E-state index contributed by atoms with van der Waals surface area (Å²) in [6.45, 7) is 5.97. The van der Waals surface area contributed by atoms with Crippen molar-refractivity contribution in [3.8, 4) is 5.75 Å². The highest BCUT2D eigenvalue weighted by atomic mass is 16.5. The maximum absolute atomic E-state index is 11.8. The number of carbonyl (C=O) groups is 1. The molecular formula is C24H31N7O2. The molecule has 2 aliphatic rings. The van der Waals surface area contributed by atoms with E-state index in [0.717, 1.165) is 74.5 Å². The van der Waals surface area contributed by atoms with Gasteiger partial charge in [-0.3, -0.25) is 4.79 Å². The van der Waals surface area contributed by atoms with Gasteiger partial charge < -0.3 is 19.9 Å². The average Bonchev–Trinajstić information content (AvgIpc) is 3.20. The Labute approximate surface area is 193 Å². The van der Waals surface area contributed by atoms with Crippen LogP contribution in [0.15, 0.2) is 24.5 Å². The molecule has 2 aliphatic heterocycles. The zero-order chi connectivity index (χ0) is 22.9. The fraction of sp³-hybridized carbons (Fsp3) is 0.500. The van der Waals surface area contributed by atoms with Crippen LogP contribution >= 0.6 is 0 Å². The maximum atomic E-state index is 11.8. The molecule has 1 aromatic carbocycles. The Bertz CT molecular complexity index is 1180. The highest BCUT2D eigenvalue weighted by molar-refractivity contribution is 5.76. The second-order valence-corrected chi connectivity index (χ2v) is 9.21. The van der Waals surface area contributed by atoms with Crippen molar-refractivity contribution in [1.82, 2.24) is 29.5 Å². The van der Waals surface area contributed by atoms with Gasteiger partial charge in [-0.1, -0.05) is 0 Å². The quantitative estimate of drug-likeness (QED) is 0.641. The maximum Gasteiger partial charge on any atom is 0.229 e. The largest absolute Gasteiger partial charge is 0.495 e. The minimum atomic E-state index is 0.143. The number of fused-ring (bicyclic) bond motifs is 2. The van der Waals surface area contributed by atoms with Crippen molar-refractivity contribution < 1.29 is 9.53 Å². The van der Waals surface area contributed by atoms with E-state index in [1.807, 2.05) is 9.58 Å². The van der Waals surface area contributed by atoms with Crippen LogP contribution in [0.1, 0.15) is 30.9 Å². The smallest absolute Gasteiger partial charge is 0.229 e. The highest BCUT2D eigenvalue weighted by Gasteiger charge is 2.23. The molecule has 0 spiro atoms. The van der Waals surface area contributed by atoms with Gasteiger partial charge in [-0.2, -0.15) is 10.1 Å². The molecule has 0 radical (unpaired) electrons. The van der Waals surface area contributed by atoms with Crippen molar-refractivity contribution in [3.63, 3.8) is 0 Å². The van der Waals surface area contributed by atoms with E-state index < -0.39 is 0 Å². The van der Waals surface area contributed by atoms with Crippen LogP contribution in [0, 0.1) is 5.92 Å². The van der Waals surface area contributed by atoms with E-state index >= 15 is 0 Å². The lowest BCUT2D eigenvalue weighted by molar-refractivity contribution is -0.130. The average molecular weight is 450 g/mol. The number of aromatic nitrogens is 4. The standard InChI is InChI=1S/C24H31N7O2/c1-16(32)30-7-4-5-17(13-30)14-31-23-20(12-26-31)11-25-24(28-23)27-21-9-19-15-29(2)8-6-18(19)10-22(21)33-3/h9-12,17H,4-8,13-15H2,1-3H3,(H,25,27,28). The van der Waals surface area contributed by atoms with Crippen molar-refractivity contribution in [2.24, 2.45) is 5.92 Å². The third-order valence-electron chi connectivity index (χ3n) is 6.74. The summed E-state index contributed by atoms with van der Waals surface area (Å²) in [6, 6.07) is 4.27. The number of methoxy groups -OCH3 is 1. The van der Waals surface area contributed by atoms with Gasteiger partial charge in [0.25, 0.3) is 0 Å². The van der Waals surface area contributed by atoms with E-state index in [-0.39, 0.29) is 5.91 Å². The van der Waals surface area contributed by atoms with Gasteiger partial charge in [-0.05, 0) is 55.5 Å². The number of likely N-dealkylation sites (N-methyl/N-ethyl adjacent to an activating group) is 1. The van der Waals surface area contributed by atoms with E-state index in [1.54, 1.807) is 26.4 Å². The molecule has 1 atom stereocenters. The Morgan fingerprint density at radius 1 is 1.24 bits per heavy atom. The van der Waals surface area contributed by atoms with Gasteiger partial charge in [0.15, 0.2) is 5.65 Å². The van der Waals surface area contributed by atoms with Crippen LogP contribution in [0.4, 0.5) is 11.6 Å². The molecule has 0 aliphatic carbocycles. The summed E-state index contributed by atoms with van der Waals surface area (Å²) in [4.78, 5) is 25.3. The van der Waals surface area contributed by atoms with Gasteiger partial charge in [0.05, 0.1) is 24.4 Å². The molecule has 1 saturated heterocycles. The second kappa shape index (κ2) is 8.97. The van der Waals surface area contributed by atoms with Gasteiger partial charge in [0.1, 0.15) is 5.75 Å². The Morgan fingerprint density at radius 3 is 2.94 bits per heavy atom. The van der Waals surface area contributed by atoms with E-state index in [9.17, 15) is 4.79 Å². The van der Waals surface area contributed by atoms with Crippen LogP contribution in [0.25, 0.3) is 11.0 Å². The van der Waals surface area contributed by atoms with Crippen molar-refractivity contribution in [2.75, 3.05) is 39.1 Å². The summed E-state index contributed by atoms with van der Waals surface area (Å²) in [5.74, 6) is 1.82. The van der Waals surface area contributed by atoms with Crippen LogP contribution in [-0.4, -0.2) is 69.2 Å². The molecule has 1 fully saturated rings. The van der Waals surface area contributed by atoms with Gasteiger partial charge in [0, 0.05) is 45.8 Å². The van der Waals surface area contributed by atoms with Crippen LogP contribution < -0.4 is 10.1 Å². The number of likely N-dealkylation sites (tertiary alicyclic amines) is 1. The lowest BCUT2D eigenvalue weighted by Gasteiger charge is -2.32. The Hall–Kier alpha value is -3.20. The number of amides is 1. The molecule has 0 saturated carbocycles. The molecule has 4 heterocycles. The van der Waals surface area contributed by atoms with Crippen LogP contribution in [0.5, 0.6) is 5.75 Å². The van der Waals surface area contributed by atoms with Crippen molar-refractivity contribution >= 4 is 28.6 Å². The molecule has 1 N–H and O–H groups in total. The predicted molar refractivity (Wildman–Crippen MR) is 127 cm³/mol. The zero-order valence-corrected chi connectivity index (χ0v) is 19.5. The Morgan fingerprint density at radius 2 is 2.12 bits per heavy atom. The minimum Gasteiger partial charge on any atom is -0.495 e. The fourth-order valence-corrected chi connectivity index (χ4v) is 4.92. The minimum absolute atomic E-state index is 0.143. The Kier molecular flexibility index (Phi) is 5.88. The summed E-state index contributed by atoms with van der Waals surface area (Å²) in [6.07, 6.45) is 6.74. The predicted octanol–water partition coefficient (Wildman–Crippen LogP) is 2.82. The van der Waals surface area contributed by atoms with Crippen LogP contribution in [0.3, 0.4) is 0 Å². The number of benzene rings is 1. The normalized spacial score (nSPS) is 18.9. The first-order chi connectivity index (χ1) is 16.0. The zero-order valence-electron chi connectivity index (χ0n) is 19.5. The lowest BCUT2D eigenvalue weighted by atomic mass is 9.98. The van der Waals surface area contributed by atoms with Crippen LogP contribution in [0.2, 0.25) is 0 Å². The molecule has 5 rings (SSSR count). The molecule has 9 heteroatoms. The van der Waals surface area contributed by atoms with Gasteiger partial charge in [0.2, 0.25) is 11.9 Å². The molecule has 1 unspecified atom stereocenters. The first-order valence-corrected chi connectivity index (χ1v) is 11.6. The summed E-state index contributed by atoms with van der Waals surface area (Å²) in [5.41, 5.74) is 4.29. The molecule has 1 amide bonds. The van der Waals surface area contributed by atoms with Gasteiger partial charge in [-0.25, -0.2) is 9.67 Å². The Balaban J connectivity index is 1.39. The molecule has 2 aromatic heterocycles. The first-order valence-electron chi connectivity index (χ1n) is 11.6. The van der Waals surface area contributed by atoms with E-state index in [4.69, 9.17) is 9.72 Å². The monoisotopic (exact) mass is 449 g/mol. The summed E-state index contributed by atoms with van der Waals surface area (Å²) < 4.78 is 7.60. The molecule has 33 heavy (non-hydrogen) atoms. The lowest BCUT2D eigenvalue weighted by Crippen LogP contribution is -2.39. The fourth-order valence-electron chi connectivity index (χ4n) is 4.92. The second-order valence-electron chi connectivity index (χ2n) is 9.21. The SMILES string of the molecule is COc1cc2c(cc1Nc1ncc3cnn(CC4CCCN(C(C)=O)C4)c3n1)CN(C)CC2. The molecule has 3 aromatic rings. The summed E-state index contributed by atoms with van der Waals surface area (Å²) in [7, 11) is 3.83. The number of nitrogens with zero attached hydrogens (tertiary/aromatic N) is 6. The number of hydrogen-bond acceptors (Lipinski definition) is 7. The molecular weight excluding hydrogens is 418 g/mol. The van der Waals surface area contributed by atoms with E-state index in [0.29, 0.717) is 11.9 Å². The van der Waals surface area contributed by atoms with E-state index in [1.165, 1.54) is 11.1 Å². The number of rotatable bonds is 5. The third kappa shape index (κ3) is 4.50. The van der Waals surface area contributed by atoms with Crippen molar-refractivity contribution in [3.05, 3.63) is 35.7 Å². The van der Waals surface area contributed by atoms with Crippen molar-refractivity contribution in [2.45, 2.75) is 39.3 Å². The third-order valence-corrected chi connectivity index (χ3v) is 6.74. The number of piperidine rings is 1. The molecule has 174 valence electrons. The highest BCUT2D eigenvalue weighted by Crippen LogP contribution is 2.33. The molecule has 0 bridgehead atoms. The number of ether oxygens (including phenoxy) is 1. The van der Waals surface area contributed by atoms with E-state index in [2.05, 4.69) is 39.5 Å². The summed E-state index contributed by atoms with van der Waals surface area (Å²) >= 11 is 0.